The first kappa shape index (κ1) is 19.8. The van der Waals surface area contributed by atoms with E-state index in [4.69, 9.17) is 16.3 Å². The number of carbonyl (C=O) groups is 1. The number of amides is 1. The smallest absolute Gasteiger partial charge is 0.249 e. The van der Waals surface area contributed by atoms with Crippen LogP contribution in [0, 0.1) is 5.92 Å². The minimum atomic E-state index is -1.20. The van der Waals surface area contributed by atoms with Crippen molar-refractivity contribution in [3.8, 4) is 0 Å². The number of halogens is 1. The molecule has 26 heavy (non-hydrogen) atoms. The summed E-state index contributed by atoms with van der Waals surface area (Å²) in [5.74, 6) is 0.830. The lowest BCUT2D eigenvalue weighted by Gasteiger charge is -2.41. The van der Waals surface area contributed by atoms with Crippen LogP contribution in [0.5, 0.6) is 0 Å². The van der Waals surface area contributed by atoms with Crippen LogP contribution in [-0.2, 0) is 20.5 Å². The van der Waals surface area contributed by atoms with E-state index in [1.807, 2.05) is 49.9 Å². The number of carbonyl (C=O) groups excluding carboxylic acids is 1. The van der Waals surface area contributed by atoms with Crippen molar-refractivity contribution in [3.63, 3.8) is 0 Å². The Kier molecular flexibility index (Phi) is 6.07. The second-order valence-electron chi connectivity index (χ2n) is 8.15. The van der Waals surface area contributed by atoms with E-state index in [-0.39, 0.29) is 30.1 Å². The molecule has 1 saturated carbocycles. The second kappa shape index (κ2) is 7.97. The van der Waals surface area contributed by atoms with Gasteiger partial charge in [0.25, 0.3) is 0 Å². The van der Waals surface area contributed by atoms with E-state index in [0.29, 0.717) is 23.3 Å². The largest absolute Gasteiger partial charge is 0.369 e. The second-order valence-corrected chi connectivity index (χ2v) is 9.82. The Morgan fingerprint density at radius 3 is 2.54 bits per heavy atom. The molecule has 1 aromatic rings. The summed E-state index contributed by atoms with van der Waals surface area (Å²) >= 11 is 6.01. The number of nitrogens with zero attached hydrogens (tertiary/aromatic N) is 1. The molecule has 1 aliphatic carbocycles. The summed E-state index contributed by atoms with van der Waals surface area (Å²) in [5, 5.41) is 0.664. The van der Waals surface area contributed by atoms with Gasteiger partial charge in [-0.15, -0.1) is 0 Å². The monoisotopic (exact) mass is 398 g/mol. The molecular weight excluding hydrogens is 372 g/mol. The van der Waals surface area contributed by atoms with E-state index in [1.54, 1.807) is 0 Å². The third-order valence-corrected chi connectivity index (χ3v) is 6.38. The highest BCUT2D eigenvalue weighted by Crippen LogP contribution is 2.40. The number of hydrogen-bond acceptors (Lipinski definition) is 3. The first-order chi connectivity index (χ1) is 12.2. The zero-order valence-corrected chi connectivity index (χ0v) is 17.1. The Hall–Kier alpha value is -0.950. The van der Waals surface area contributed by atoms with E-state index in [2.05, 4.69) is 4.72 Å². The van der Waals surface area contributed by atoms with Gasteiger partial charge in [0.1, 0.15) is 6.61 Å². The van der Waals surface area contributed by atoms with E-state index in [0.717, 1.165) is 18.4 Å². The molecule has 144 valence electrons. The van der Waals surface area contributed by atoms with Crippen LogP contribution in [0.3, 0.4) is 0 Å². The summed E-state index contributed by atoms with van der Waals surface area (Å²) in [7, 11) is -1.20. The van der Waals surface area contributed by atoms with Crippen molar-refractivity contribution < 1.29 is 13.7 Å². The van der Waals surface area contributed by atoms with E-state index in [9.17, 15) is 9.00 Å². The van der Waals surface area contributed by atoms with Crippen molar-refractivity contribution in [1.82, 2.24) is 9.62 Å². The van der Waals surface area contributed by atoms with Crippen LogP contribution < -0.4 is 4.72 Å². The summed E-state index contributed by atoms with van der Waals surface area (Å²) in [6.07, 6.45) is 2.16. The maximum absolute atomic E-state index is 12.7. The fourth-order valence-electron chi connectivity index (χ4n) is 3.41. The Labute approximate surface area is 163 Å². The molecule has 5 nitrogen and oxygen atoms in total. The first-order valence-electron chi connectivity index (χ1n) is 9.05. The molecular formula is C19H27ClN2O3S. The molecule has 0 spiro atoms. The lowest BCUT2D eigenvalue weighted by molar-refractivity contribution is -0.152. The molecule has 1 heterocycles. The number of nitrogens with one attached hydrogen (secondary N) is 1. The molecule has 2 fully saturated rings. The van der Waals surface area contributed by atoms with E-state index >= 15 is 0 Å². The Balaban J connectivity index is 1.83. The van der Waals surface area contributed by atoms with E-state index in [1.165, 1.54) is 0 Å². The average Bonchev–Trinajstić information content (AvgIpc) is 3.37. The fraction of sp³-hybridized carbons (Fsp3) is 0.632. The van der Waals surface area contributed by atoms with Gasteiger partial charge in [-0.05, 0) is 57.2 Å². The van der Waals surface area contributed by atoms with Gasteiger partial charge in [-0.25, -0.2) is 8.93 Å². The number of hydrogen-bond donors (Lipinski definition) is 1. The molecule has 0 bridgehead atoms. The number of rotatable bonds is 6. The van der Waals surface area contributed by atoms with Crippen molar-refractivity contribution >= 4 is 28.5 Å². The SMILES string of the molecule is CC(C)(C)NS(=O)CC(C1CC1)N1C(=O)COCC1c1ccc(Cl)cc1. The highest BCUT2D eigenvalue weighted by atomic mass is 35.5. The summed E-state index contributed by atoms with van der Waals surface area (Å²) < 4.78 is 21.3. The average molecular weight is 399 g/mol. The van der Waals surface area contributed by atoms with Crippen molar-refractivity contribution in [2.24, 2.45) is 5.92 Å². The lowest BCUT2D eigenvalue weighted by atomic mass is 10.0. The van der Waals surface area contributed by atoms with Gasteiger partial charge in [0.15, 0.2) is 0 Å². The van der Waals surface area contributed by atoms with Gasteiger partial charge in [0.2, 0.25) is 5.91 Å². The van der Waals surface area contributed by atoms with Gasteiger partial charge in [-0.3, -0.25) is 4.79 Å². The van der Waals surface area contributed by atoms with Crippen molar-refractivity contribution in [3.05, 3.63) is 34.9 Å². The fourth-order valence-corrected chi connectivity index (χ4v) is 5.04. The van der Waals surface area contributed by atoms with Gasteiger partial charge < -0.3 is 9.64 Å². The van der Waals surface area contributed by atoms with Crippen molar-refractivity contribution in [2.45, 2.75) is 51.2 Å². The van der Waals surface area contributed by atoms with Crippen LogP contribution in [-0.4, -0.2) is 45.6 Å². The molecule has 3 rings (SSSR count). The van der Waals surface area contributed by atoms with E-state index < -0.39 is 11.0 Å². The molecule has 1 amide bonds. The van der Waals surface area contributed by atoms with Gasteiger partial charge in [-0.2, -0.15) is 0 Å². The normalized spacial score (nSPS) is 23.8. The molecule has 7 heteroatoms. The van der Waals surface area contributed by atoms with Crippen LogP contribution in [0.25, 0.3) is 0 Å². The Bertz CT molecular complexity index is 670. The zero-order valence-electron chi connectivity index (χ0n) is 15.5. The first-order valence-corrected chi connectivity index (χ1v) is 10.7. The minimum Gasteiger partial charge on any atom is -0.369 e. The summed E-state index contributed by atoms with van der Waals surface area (Å²) in [4.78, 5) is 14.7. The summed E-state index contributed by atoms with van der Waals surface area (Å²) in [6.45, 7) is 6.52. The van der Waals surface area contributed by atoms with Crippen LogP contribution in [0.15, 0.2) is 24.3 Å². The third-order valence-electron chi connectivity index (χ3n) is 4.65. The molecule has 0 aromatic heterocycles. The van der Waals surface area contributed by atoms with Crippen LogP contribution in [0.1, 0.15) is 45.2 Å². The molecule has 1 N–H and O–H groups in total. The van der Waals surface area contributed by atoms with Crippen LogP contribution >= 0.6 is 11.6 Å². The maximum atomic E-state index is 12.7. The van der Waals surface area contributed by atoms with Gasteiger partial charge >= 0.3 is 0 Å². The molecule has 1 aliphatic heterocycles. The number of morpholine rings is 1. The zero-order chi connectivity index (χ0) is 18.9. The molecule has 0 radical (unpaired) electrons. The van der Waals surface area contributed by atoms with Gasteiger partial charge in [0, 0.05) is 16.6 Å². The molecule has 2 aliphatic rings. The summed E-state index contributed by atoms with van der Waals surface area (Å²) in [6, 6.07) is 7.35. The number of ether oxygens (including phenoxy) is 1. The predicted octanol–water partition coefficient (Wildman–Crippen LogP) is 3.07. The molecule has 1 aromatic carbocycles. The highest BCUT2D eigenvalue weighted by molar-refractivity contribution is 7.83. The van der Waals surface area contributed by atoms with Gasteiger partial charge in [-0.1, -0.05) is 23.7 Å². The Morgan fingerprint density at radius 1 is 1.31 bits per heavy atom. The van der Waals surface area contributed by atoms with Crippen LogP contribution in [0.2, 0.25) is 5.02 Å². The minimum absolute atomic E-state index is 0.0270. The Morgan fingerprint density at radius 2 is 1.96 bits per heavy atom. The van der Waals surface area contributed by atoms with Gasteiger partial charge in [0.05, 0.1) is 29.4 Å². The molecule has 3 unspecified atom stereocenters. The third kappa shape index (κ3) is 5.06. The summed E-state index contributed by atoms with van der Waals surface area (Å²) in [5.41, 5.74) is 0.770. The van der Waals surface area contributed by atoms with Crippen molar-refractivity contribution in [2.75, 3.05) is 19.0 Å². The quantitative estimate of drug-likeness (QED) is 0.801. The standard InChI is InChI=1S/C19H27ClN2O3S/c1-19(2,3)21-26(24)12-17(14-4-5-14)22-16(10-25-11-18(22)23)13-6-8-15(20)9-7-13/h6-9,14,16-17,21H,4-5,10-12H2,1-3H3. The van der Waals surface area contributed by atoms with Crippen LogP contribution in [0.4, 0.5) is 0 Å². The maximum Gasteiger partial charge on any atom is 0.249 e. The molecule has 3 atom stereocenters. The topological polar surface area (TPSA) is 58.6 Å². The molecule has 1 saturated heterocycles. The predicted molar refractivity (Wildman–Crippen MR) is 104 cm³/mol. The van der Waals surface area contributed by atoms with Crippen molar-refractivity contribution in [1.29, 1.82) is 0 Å². The lowest BCUT2D eigenvalue weighted by Crippen LogP contribution is -2.53. The highest BCUT2D eigenvalue weighted by Gasteiger charge is 2.43. The number of benzene rings is 1.